The van der Waals surface area contributed by atoms with Crippen LogP contribution < -0.4 is 4.72 Å². The second-order valence-corrected chi connectivity index (χ2v) is 7.48. The van der Waals surface area contributed by atoms with Crippen LogP contribution in [0.1, 0.15) is 41.0 Å². The largest absolute Gasteiger partial charge is 0.271 e. The SMILES string of the molecule is Cc1ccc(C)c(C(C)NS(=O)(=O)c2c(C)nn(C)c2C)c1. The van der Waals surface area contributed by atoms with Gasteiger partial charge in [0, 0.05) is 13.1 Å². The molecule has 1 unspecified atom stereocenters. The maximum atomic E-state index is 12.7. The molecule has 1 heterocycles. The molecule has 0 fully saturated rings. The van der Waals surface area contributed by atoms with Crippen LogP contribution in [0.3, 0.4) is 0 Å². The van der Waals surface area contributed by atoms with Gasteiger partial charge in [0.15, 0.2) is 0 Å². The van der Waals surface area contributed by atoms with E-state index in [2.05, 4.69) is 9.82 Å². The fourth-order valence-corrected chi connectivity index (χ4v) is 4.39. The predicted octanol–water partition coefficient (Wildman–Crippen LogP) is 2.69. The van der Waals surface area contributed by atoms with Crippen LogP contribution in [0.5, 0.6) is 0 Å². The Morgan fingerprint density at radius 1 is 1.18 bits per heavy atom. The fourth-order valence-electron chi connectivity index (χ4n) is 2.72. The molecule has 22 heavy (non-hydrogen) atoms. The molecule has 0 amide bonds. The van der Waals surface area contributed by atoms with E-state index in [-0.39, 0.29) is 10.9 Å². The third-order valence-electron chi connectivity index (χ3n) is 3.94. The maximum Gasteiger partial charge on any atom is 0.244 e. The van der Waals surface area contributed by atoms with Crippen molar-refractivity contribution in [1.82, 2.24) is 14.5 Å². The van der Waals surface area contributed by atoms with Crippen molar-refractivity contribution in [2.45, 2.75) is 45.6 Å². The molecule has 0 aliphatic rings. The van der Waals surface area contributed by atoms with Gasteiger partial charge in [-0.1, -0.05) is 23.8 Å². The molecule has 0 radical (unpaired) electrons. The summed E-state index contributed by atoms with van der Waals surface area (Å²) in [6.07, 6.45) is 0. The van der Waals surface area contributed by atoms with Crippen molar-refractivity contribution in [2.24, 2.45) is 7.05 Å². The molecule has 0 aliphatic carbocycles. The number of nitrogens with zero attached hydrogens (tertiary/aromatic N) is 2. The second-order valence-electron chi connectivity index (χ2n) is 5.83. The highest BCUT2D eigenvalue weighted by Crippen LogP contribution is 2.24. The molecular weight excluding hydrogens is 298 g/mol. The minimum atomic E-state index is -3.61. The lowest BCUT2D eigenvalue weighted by molar-refractivity contribution is 0.565. The lowest BCUT2D eigenvalue weighted by atomic mass is 10.0. The van der Waals surface area contributed by atoms with E-state index in [1.165, 1.54) is 0 Å². The first kappa shape index (κ1) is 16.7. The number of rotatable bonds is 4. The van der Waals surface area contributed by atoms with Crippen LogP contribution in [0.15, 0.2) is 23.1 Å². The highest BCUT2D eigenvalue weighted by atomic mass is 32.2. The number of aryl methyl sites for hydroxylation is 4. The summed E-state index contributed by atoms with van der Waals surface area (Å²) in [7, 11) is -1.87. The Hall–Kier alpha value is -1.66. The van der Waals surface area contributed by atoms with Gasteiger partial charge in [-0.2, -0.15) is 5.10 Å². The van der Waals surface area contributed by atoms with E-state index < -0.39 is 10.0 Å². The Labute approximate surface area is 132 Å². The lowest BCUT2D eigenvalue weighted by Crippen LogP contribution is -2.28. The zero-order valence-electron chi connectivity index (χ0n) is 13.9. The number of sulfonamides is 1. The molecule has 1 N–H and O–H groups in total. The summed E-state index contributed by atoms with van der Waals surface area (Å²) < 4.78 is 29.8. The van der Waals surface area contributed by atoms with E-state index in [1.54, 1.807) is 25.6 Å². The molecule has 2 aromatic rings. The zero-order valence-corrected chi connectivity index (χ0v) is 14.7. The summed E-state index contributed by atoms with van der Waals surface area (Å²) in [5.41, 5.74) is 4.32. The van der Waals surface area contributed by atoms with E-state index in [4.69, 9.17) is 0 Å². The van der Waals surface area contributed by atoms with Gasteiger partial charge in [-0.05, 0) is 45.7 Å². The minimum absolute atomic E-state index is 0.271. The highest BCUT2D eigenvalue weighted by molar-refractivity contribution is 7.89. The van der Waals surface area contributed by atoms with E-state index in [9.17, 15) is 8.42 Å². The molecule has 6 heteroatoms. The van der Waals surface area contributed by atoms with Crippen LogP contribution in [0.2, 0.25) is 0 Å². The van der Waals surface area contributed by atoms with Gasteiger partial charge in [0.05, 0.1) is 11.4 Å². The van der Waals surface area contributed by atoms with Gasteiger partial charge in [-0.25, -0.2) is 13.1 Å². The molecule has 0 spiro atoms. The fraction of sp³-hybridized carbons (Fsp3) is 0.438. The number of hydrogen-bond donors (Lipinski definition) is 1. The van der Waals surface area contributed by atoms with Crippen LogP contribution >= 0.6 is 0 Å². The van der Waals surface area contributed by atoms with Gasteiger partial charge in [-0.15, -0.1) is 0 Å². The third-order valence-corrected chi connectivity index (χ3v) is 5.74. The summed E-state index contributed by atoms with van der Waals surface area (Å²) in [5.74, 6) is 0. The standard InChI is InChI=1S/C16H23N3O2S/c1-10-7-8-11(2)15(9-10)12(3)18-22(20,21)16-13(4)17-19(6)14(16)5/h7-9,12,18H,1-6H3. The molecule has 1 aromatic carbocycles. The van der Waals surface area contributed by atoms with Crippen molar-refractivity contribution in [3.63, 3.8) is 0 Å². The van der Waals surface area contributed by atoms with Gasteiger partial charge >= 0.3 is 0 Å². The number of aromatic nitrogens is 2. The molecule has 0 bridgehead atoms. The van der Waals surface area contributed by atoms with Gasteiger partial charge in [0.2, 0.25) is 10.0 Å². The Kier molecular flexibility index (Phi) is 4.44. The Balaban J connectivity index is 2.38. The molecule has 1 atom stereocenters. The minimum Gasteiger partial charge on any atom is -0.271 e. The monoisotopic (exact) mass is 321 g/mol. The molecule has 120 valence electrons. The predicted molar refractivity (Wildman–Crippen MR) is 87.3 cm³/mol. The van der Waals surface area contributed by atoms with Gasteiger partial charge in [0.1, 0.15) is 4.90 Å². The van der Waals surface area contributed by atoms with Crippen molar-refractivity contribution in [1.29, 1.82) is 0 Å². The average molecular weight is 321 g/mol. The summed E-state index contributed by atoms with van der Waals surface area (Å²) >= 11 is 0. The summed E-state index contributed by atoms with van der Waals surface area (Å²) in [6.45, 7) is 9.32. The van der Waals surface area contributed by atoms with Crippen molar-refractivity contribution in [3.8, 4) is 0 Å². The zero-order chi connectivity index (χ0) is 16.7. The third kappa shape index (κ3) is 3.08. The molecule has 1 aromatic heterocycles. The molecule has 0 aliphatic heterocycles. The first-order valence-corrected chi connectivity index (χ1v) is 8.71. The molecule has 5 nitrogen and oxygen atoms in total. The van der Waals surface area contributed by atoms with Crippen LogP contribution in [-0.4, -0.2) is 18.2 Å². The van der Waals surface area contributed by atoms with E-state index >= 15 is 0 Å². The van der Waals surface area contributed by atoms with Crippen molar-refractivity contribution < 1.29 is 8.42 Å². The Morgan fingerprint density at radius 3 is 2.36 bits per heavy atom. The summed E-state index contributed by atoms with van der Waals surface area (Å²) in [5, 5.41) is 4.19. The Bertz CT molecular complexity index is 807. The highest BCUT2D eigenvalue weighted by Gasteiger charge is 2.26. The van der Waals surface area contributed by atoms with E-state index in [0.717, 1.165) is 16.7 Å². The summed E-state index contributed by atoms with van der Waals surface area (Å²) in [6, 6.07) is 5.75. The molecular formula is C16H23N3O2S. The maximum absolute atomic E-state index is 12.7. The van der Waals surface area contributed by atoms with Crippen LogP contribution in [0, 0.1) is 27.7 Å². The first-order chi connectivity index (χ1) is 10.1. The average Bonchev–Trinajstić information content (AvgIpc) is 2.65. The molecule has 2 rings (SSSR count). The van der Waals surface area contributed by atoms with Crippen LogP contribution in [0.25, 0.3) is 0 Å². The van der Waals surface area contributed by atoms with Gasteiger partial charge in [-0.3, -0.25) is 4.68 Å². The van der Waals surface area contributed by atoms with Crippen LogP contribution in [-0.2, 0) is 17.1 Å². The van der Waals surface area contributed by atoms with E-state index in [0.29, 0.717) is 11.4 Å². The topological polar surface area (TPSA) is 64.0 Å². The van der Waals surface area contributed by atoms with Crippen molar-refractivity contribution in [3.05, 3.63) is 46.3 Å². The second kappa shape index (κ2) is 5.85. The van der Waals surface area contributed by atoms with Gasteiger partial charge < -0.3 is 0 Å². The first-order valence-electron chi connectivity index (χ1n) is 7.23. The number of benzene rings is 1. The number of nitrogens with one attached hydrogen (secondary N) is 1. The lowest BCUT2D eigenvalue weighted by Gasteiger charge is -2.17. The van der Waals surface area contributed by atoms with Gasteiger partial charge in [0.25, 0.3) is 0 Å². The normalized spacial score (nSPS) is 13.4. The molecule has 0 saturated carbocycles. The quantitative estimate of drug-likeness (QED) is 0.941. The van der Waals surface area contributed by atoms with E-state index in [1.807, 2.05) is 39.0 Å². The Morgan fingerprint density at radius 2 is 1.82 bits per heavy atom. The summed E-state index contributed by atoms with van der Waals surface area (Å²) in [4.78, 5) is 0.271. The number of hydrogen-bond acceptors (Lipinski definition) is 3. The van der Waals surface area contributed by atoms with Crippen molar-refractivity contribution in [2.75, 3.05) is 0 Å². The van der Waals surface area contributed by atoms with Crippen LogP contribution in [0.4, 0.5) is 0 Å². The van der Waals surface area contributed by atoms with Crippen molar-refractivity contribution >= 4 is 10.0 Å². The molecule has 0 saturated heterocycles. The smallest absolute Gasteiger partial charge is 0.244 e.